The van der Waals surface area contributed by atoms with Crippen molar-refractivity contribution < 1.29 is 4.79 Å². The van der Waals surface area contributed by atoms with Crippen molar-refractivity contribution in [2.24, 2.45) is 5.73 Å². The van der Waals surface area contributed by atoms with Gasteiger partial charge >= 0.3 is 0 Å². The van der Waals surface area contributed by atoms with Gasteiger partial charge in [-0.3, -0.25) is 4.79 Å². The molecule has 2 rings (SSSR count). The standard InChI is InChI=1S/C18H19N3O/c1-13(15-9-7-14(11-19)8-10-15)12-21-17(18(20)22)16-5-3-2-4-6-16/h2-10,13,17,21H,12H2,1H3,(H2,20,22). The Morgan fingerprint density at radius 3 is 2.32 bits per heavy atom. The molecule has 4 heteroatoms. The van der Waals surface area contributed by atoms with Gasteiger partial charge in [0.05, 0.1) is 11.6 Å². The van der Waals surface area contributed by atoms with Crippen LogP contribution in [0.1, 0.15) is 35.6 Å². The van der Waals surface area contributed by atoms with E-state index >= 15 is 0 Å². The lowest BCUT2D eigenvalue weighted by Gasteiger charge is -2.19. The first-order valence-electron chi connectivity index (χ1n) is 7.19. The van der Waals surface area contributed by atoms with Crippen LogP contribution >= 0.6 is 0 Å². The molecule has 2 atom stereocenters. The maximum absolute atomic E-state index is 11.7. The smallest absolute Gasteiger partial charge is 0.239 e. The van der Waals surface area contributed by atoms with Crippen molar-refractivity contribution in [1.29, 1.82) is 5.26 Å². The Morgan fingerprint density at radius 2 is 1.77 bits per heavy atom. The number of nitrogens with one attached hydrogen (secondary N) is 1. The summed E-state index contributed by atoms with van der Waals surface area (Å²) in [4.78, 5) is 11.7. The van der Waals surface area contributed by atoms with Gasteiger partial charge in [-0.15, -0.1) is 0 Å². The molecule has 0 saturated heterocycles. The number of primary amides is 1. The minimum atomic E-state index is -0.498. The number of rotatable bonds is 6. The minimum absolute atomic E-state index is 0.207. The quantitative estimate of drug-likeness (QED) is 0.858. The maximum Gasteiger partial charge on any atom is 0.239 e. The van der Waals surface area contributed by atoms with Crippen molar-refractivity contribution in [3.05, 3.63) is 71.3 Å². The lowest BCUT2D eigenvalue weighted by atomic mass is 9.99. The monoisotopic (exact) mass is 293 g/mol. The third kappa shape index (κ3) is 3.94. The van der Waals surface area contributed by atoms with Crippen molar-refractivity contribution in [3.8, 4) is 6.07 Å². The highest BCUT2D eigenvalue weighted by Gasteiger charge is 2.18. The molecule has 112 valence electrons. The molecular formula is C18H19N3O. The Morgan fingerprint density at radius 1 is 1.14 bits per heavy atom. The summed E-state index contributed by atoms with van der Waals surface area (Å²) in [6.45, 7) is 2.69. The van der Waals surface area contributed by atoms with E-state index in [1.807, 2.05) is 42.5 Å². The van der Waals surface area contributed by atoms with Crippen molar-refractivity contribution in [1.82, 2.24) is 5.32 Å². The molecule has 0 aromatic heterocycles. The largest absolute Gasteiger partial charge is 0.368 e. The predicted molar refractivity (Wildman–Crippen MR) is 86.0 cm³/mol. The first-order valence-corrected chi connectivity index (χ1v) is 7.19. The van der Waals surface area contributed by atoms with E-state index < -0.39 is 11.9 Å². The Kier molecular flexibility index (Phi) is 5.29. The lowest BCUT2D eigenvalue weighted by Crippen LogP contribution is -2.35. The average Bonchev–Trinajstić information content (AvgIpc) is 2.55. The number of amides is 1. The molecule has 0 aliphatic carbocycles. The SMILES string of the molecule is CC(CNC(C(N)=O)c1ccccc1)c1ccc(C#N)cc1. The molecular weight excluding hydrogens is 274 g/mol. The summed E-state index contributed by atoms with van der Waals surface area (Å²) in [6, 6.07) is 18.5. The van der Waals surface area contributed by atoms with Crippen LogP contribution in [-0.2, 0) is 4.79 Å². The highest BCUT2D eigenvalue weighted by atomic mass is 16.1. The van der Waals surface area contributed by atoms with E-state index in [4.69, 9.17) is 11.0 Å². The van der Waals surface area contributed by atoms with E-state index in [2.05, 4.69) is 18.3 Å². The minimum Gasteiger partial charge on any atom is -0.368 e. The van der Waals surface area contributed by atoms with Gasteiger partial charge in [-0.2, -0.15) is 5.26 Å². The molecule has 2 aromatic carbocycles. The number of nitrogens with two attached hydrogens (primary N) is 1. The highest BCUT2D eigenvalue weighted by Crippen LogP contribution is 2.18. The summed E-state index contributed by atoms with van der Waals surface area (Å²) >= 11 is 0. The summed E-state index contributed by atoms with van der Waals surface area (Å²) in [6.07, 6.45) is 0. The Hall–Kier alpha value is -2.64. The van der Waals surface area contributed by atoms with Crippen LogP contribution in [0.15, 0.2) is 54.6 Å². The summed E-state index contributed by atoms with van der Waals surface area (Å²) < 4.78 is 0. The zero-order chi connectivity index (χ0) is 15.9. The van der Waals surface area contributed by atoms with Crippen LogP contribution in [0.2, 0.25) is 0 Å². The van der Waals surface area contributed by atoms with Crippen LogP contribution in [0.4, 0.5) is 0 Å². The molecule has 0 aliphatic rings. The van der Waals surface area contributed by atoms with E-state index in [0.717, 1.165) is 11.1 Å². The number of carbonyl (C=O) groups is 1. The van der Waals surface area contributed by atoms with Crippen molar-refractivity contribution in [2.45, 2.75) is 18.9 Å². The summed E-state index contributed by atoms with van der Waals surface area (Å²) in [7, 11) is 0. The molecule has 0 spiro atoms. The fraction of sp³-hybridized carbons (Fsp3) is 0.222. The highest BCUT2D eigenvalue weighted by molar-refractivity contribution is 5.81. The van der Waals surface area contributed by atoms with Crippen molar-refractivity contribution in [2.75, 3.05) is 6.54 Å². The summed E-state index contributed by atoms with van der Waals surface area (Å²) in [5.41, 5.74) is 8.11. The normalized spacial score (nSPS) is 13.1. The first-order chi connectivity index (χ1) is 10.6. The molecule has 1 amide bonds. The molecule has 0 heterocycles. The molecule has 4 nitrogen and oxygen atoms in total. The fourth-order valence-electron chi connectivity index (χ4n) is 2.33. The summed E-state index contributed by atoms with van der Waals surface area (Å²) in [5, 5.41) is 12.0. The zero-order valence-corrected chi connectivity index (χ0v) is 12.5. The average molecular weight is 293 g/mol. The van der Waals surface area contributed by atoms with E-state index in [-0.39, 0.29) is 5.92 Å². The number of benzene rings is 2. The summed E-state index contributed by atoms with van der Waals surface area (Å²) in [5.74, 6) is -0.184. The second-order valence-corrected chi connectivity index (χ2v) is 5.29. The Balaban J connectivity index is 2.03. The van der Waals surface area contributed by atoms with Crippen LogP contribution in [0.25, 0.3) is 0 Å². The molecule has 0 aliphatic heterocycles. The third-order valence-corrected chi connectivity index (χ3v) is 3.65. The molecule has 0 fully saturated rings. The molecule has 22 heavy (non-hydrogen) atoms. The van der Waals surface area contributed by atoms with Crippen molar-refractivity contribution >= 4 is 5.91 Å². The molecule has 0 bridgehead atoms. The molecule has 2 aromatic rings. The predicted octanol–water partition coefficient (Wildman–Crippen LogP) is 2.48. The van der Waals surface area contributed by atoms with E-state index in [1.165, 1.54) is 0 Å². The molecule has 3 N–H and O–H groups in total. The van der Waals surface area contributed by atoms with Crippen LogP contribution < -0.4 is 11.1 Å². The lowest BCUT2D eigenvalue weighted by molar-refractivity contribution is -0.120. The van der Waals surface area contributed by atoms with Gasteiger partial charge in [-0.05, 0) is 29.2 Å². The van der Waals surface area contributed by atoms with Crippen LogP contribution in [0.5, 0.6) is 0 Å². The first kappa shape index (κ1) is 15.7. The molecule has 0 saturated carbocycles. The molecule has 2 unspecified atom stereocenters. The maximum atomic E-state index is 11.7. The topological polar surface area (TPSA) is 78.9 Å². The number of hydrogen-bond acceptors (Lipinski definition) is 3. The number of hydrogen-bond donors (Lipinski definition) is 2. The van der Waals surface area contributed by atoms with Gasteiger partial charge in [0.1, 0.15) is 6.04 Å². The van der Waals surface area contributed by atoms with Gasteiger partial charge in [0.2, 0.25) is 5.91 Å². The van der Waals surface area contributed by atoms with Gasteiger partial charge < -0.3 is 11.1 Å². The van der Waals surface area contributed by atoms with Gasteiger partial charge in [0.25, 0.3) is 0 Å². The van der Waals surface area contributed by atoms with E-state index in [1.54, 1.807) is 12.1 Å². The zero-order valence-electron chi connectivity index (χ0n) is 12.5. The fourth-order valence-corrected chi connectivity index (χ4v) is 2.33. The van der Waals surface area contributed by atoms with Crippen LogP contribution in [0, 0.1) is 11.3 Å². The second-order valence-electron chi connectivity index (χ2n) is 5.29. The second kappa shape index (κ2) is 7.39. The van der Waals surface area contributed by atoms with Crippen LogP contribution in [0.3, 0.4) is 0 Å². The van der Waals surface area contributed by atoms with Gasteiger partial charge in [0, 0.05) is 6.54 Å². The van der Waals surface area contributed by atoms with Crippen LogP contribution in [-0.4, -0.2) is 12.5 Å². The number of nitrogens with zero attached hydrogens (tertiary/aromatic N) is 1. The molecule has 0 radical (unpaired) electrons. The van der Waals surface area contributed by atoms with Gasteiger partial charge in [-0.25, -0.2) is 0 Å². The van der Waals surface area contributed by atoms with Gasteiger partial charge in [-0.1, -0.05) is 49.4 Å². The number of carbonyl (C=O) groups excluding carboxylic acids is 1. The van der Waals surface area contributed by atoms with E-state index in [9.17, 15) is 4.79 Å². The number of nitriles is 1. The Bertz CT molecular complexity index is 659. The van der Waals surface area contributed by atoms with Gasteiger partial charge in [0.15, 0.2) is 0 Å². The van der Waals surface area contributed by atoms with Crippen molar-refractivity contribution in [3.63, 3.8) is 0 Å². The van der Waals surface area contributed by atoms with E-state index in [0.29, 0.717) is 12.1 Å². The Labute approximate surface area is 130 Å². The third-order valence-electron chi connectivity index (χ3n) is 3.65.